The zero-order valence-electron chi connectivity index (χ0n) is 18.0. The molecule has 3 atom stereocenters. The number of carbonyl (C=O) groups is 1. The number of hydrogen-bond donors (Lipinski definition) is 2. The van der Waals surface area contributed by atoms with Crippen LogP contribution in [0.5, 0.6) is 0 Å². The first-order chi connectivity index (χ1) is 15.5. The topological polar surface area (TPSA) is 83.0 Å². The summed E-state index contributed by atoms with van der Waals surface area (Å²) in [5.41, 5.74) is -1.49. The minimum absolute atomic E-state index is 0.0416. The number of nitrogens with zero attached hydrogens (tertiary/aromatic N) is 4. The third-order valence-electron chi connectivity index (χ3n) is 6.01. The number of rotatable bonds is 5. The van der Waals surface area contributed by atoms with Crippen LogP contribution in [0.2, 0.25) is 0 Å². The summed E-state index contributed by atoms with van der Waals surface area (Å²) >= 11 is 0. The molecule has 33 heavy (non-hydrogen) atoms. The first kappa shape index (κ1) is 23.3. The summed E-state index contributed by atoms with van der Waals surface area (Å²) < 4.78 is 68.7. The van der Waals surface area contributed by atoms with Crippen LogP contribution in [0.15, 0.2) is 18.5 Å². The Balaban J connectivity index is 1.89. The second-order valence-corrected chi connectivity index (χ2v) is 8.37. The van der Waals surface area contributed by atoms with E-state index in [1.165, 1.54) is 13.8 Å². The van der Waals surface area contributed by atoms with Gasteiger partial charge in [-0.1, -0.05) is 6.92 Å². The molecule has 2 fully saturated rings. The van der Waals surface area contributed by atoms with Gasteiger partial charge in [0, 0.05) is 37.0 Å². The van der Waals surface area contributed by atoms with Gasteiger partial charge in [0.2, 0.25) is 12.3 Å². The van der Waals surface area contributed by atoms with E-state index in [2.05, 4.69) is 25.6 Å². The summed E-state index contributed by atoms with van der Waals surface area (Å²) in [6.07, 6.45) is -4.98. The van der Waals surface area contributed by atoms with Crippen LogP contribution in [-0.2, 0) is 11.0 Å². The van der Waals surface area contributed by atoms with Crippen LogP contribution in [0.3, 0.4) is 0 Å². The number of halogens is 5. The summed E-state index contributed by atoms with van der Waals surface area (Å²) in [6, 6.07) is 1.98. The molecule has 0 aromatic carbocycles. The highest BCUT2D eigenvalue weighted by atomic mass is 19.4. The van der Waals surface area contributed by atoms with Crippen molar-refractivity contribution in [1.29, 1.82) is 0 Å². The van der Waals surface area contributed by atoms with Crippen LogP contribution in [-0.4, -0.2) is 52.5 Å². The van der Waals surface area contributed by atoms with E-state index >= 15 is 0 Å². The molecular formula is C21H23F5N6O. The van der Waals surface area contributed by atoms with Crippen LogP contribution < -0.4 is 15.5 Å². The van der Waals surface area contributed by atoms with Crippen LogP contribution in [0.4, 0.5) is 33.6 Å². The number of fused-ring (bicyclic) bond motifs is 2. The standard InChI is InChI=1S/C21H23F5N6O/c1-10(19(22)23)17-18(28-9-29-20(17)30-11(2)33)15-5-12(21(24,25)26)6-16(31-15)32-8-13-7-14(32)3-4-27-13/h5-6,9-10,13-14,19,27H,3-4,7-8H2,1-2H3,(H,28,29,30,33). The molecule has 0 saturated carbocycles. The molecule has 7 nitrogen and oxygen atoms in total. The van der Waals surface area contributed by atoms with E-state index in [4.69, 9.17) is 0 Å². The summed E-state index contributed by atoms with van der Waals surface area (Å²) in [5, 5.41) is 5.70. The second kappa shape index (κ2) is 8.81. The normalized spacial score (nSPS) is 21.4. The van der Waals surface area contributed by atoms with E-state index in [9.17, 15) is 26.7 Å². The average molecular weight is 470 g/mol. The molecule has 4 heterocycles. The number of alkyl halides is 5. The molecule has 2 bridgehead atoms. The Morgan fingerprint density at radius 2 is 2.03 bits per heavy atom. The number of pyridine rings is 1. The molecule has 3 unspecified atom stereocenters. The van der Waals surface area contributed by atoms with Crippen LogP contribution in [0.25, 0.3) is 11.4 Å². The number of aromatic nitrogens is 3. The van der Waals surface area contributed by atoms with Crippen molar-refractivity contribution in [1.82, 2.24) is 20.3 Å². The summed E-state index contributed by atoms with van der Waals surface area (Å²) in [7, 11) is 0. The van der Waals surface area contributed by atoms with Gasteiger partial charge < -0.3 is 15.5 Å². The highest BCUT2D eigenvalue weighted by molar-refractivity contribution is 5.89. The maximum absolute atomic E-state index is 13.8. The molecule has 0 radical (unpaired) electrons. The van der Waals surface area contributed by atoms with Gasteiger partial charge in [-0.15, -0.1) is 0 Å². The Labute approximate surface area is 186 Å². The van der Waals surface area contributed by atoms with E-state index in [1.54, 1.807) is 0 Å². The lowest BCUT2D eigenvalue weighted by Crippen LogP contribution is -2.35. The summed E-state index contributed by atoms with van der Waals surface area (Å²) in [6.45, 7) is 3.64. The summed E-state index contributed by atoms with van der Waals surface area (Å²) in [5.74, 6) is -2.08. The van der Waals surface area contributed by atoms with Gasteiger partial charge in [0.1, 0.15) is 18.0 Å². The molecule has 4 rings (SSSR count). The fourth-order valence-electron chi connectivity index (χ4n) is 4.44. The number of amides is 1. The SMILES string of the molecule is CC(=O)Nc1ncnc(-c2cc(C(F)(F)F)cc(N3CC4CC3CCN4)n2)c1C(C)C(F)F. The van der Waals surface area contributed by atoms with E-state index in [-0.39, 0.29) is 40.7 Å². The predicted octanol–water partition coefficient (Wildman–Crippen LogP) is 3.83. The van der Waals surface area contributed by atoms with E-state index in [0.29, 0.717) is 6.54 Å². The van der Waals surface area contributed by atoms with Crippen LogP contribution in [0, 0.1) is 0 Å². The molecule has 2 aromatic heterocycles. The molecule has 12 heteroatoms. The molecule has 2 N–H and O–H groups in total. The average Bonchev–Trinajstić information content (AvgIpc) is 3.04. The largest absolute Gasteiger partial charge is 0.416 e. The van der Waals surface area contributed by atoms with Crippen molar-refractivity contribution in [2.45, 2.75) is 57.3 Å². The van der Waals surface area contributed by atoms with Crippen LogP contribution in [0.1, 0.15) is 43.7 Å². The van der Waals surface area contributed by atoms with Crippen molar-refractivity contribution >= 4 is 17.5 Å². The first-order valence-corrected chi connectivity index (χ1v) is 10.5. The van der Waals surface area contributed by atoms with E-state index in [0.717, 1.165) is 37.8 Å². The van der Waals surface area contributed by atoms with Crippen molar-refractivity contribution in [3.05, 3.63) is 29.6 Å². The van der Waals surface area contributed by atoms with Gasteiger partial charge in [-0.25, -0.2) is 23.7 Å². The molecule has 0 spiro atoms. The molecular weight excluding hydrogens is 447 g/mol. The predicted molar refractivity (Wildman–Crippen MR) is 111 cm³/mol. The van der Waals surface area contributed by atoms with Gasteiger partial charge >= 0.3 is 6.18 Å². The van der Waals surface area contributed by atoms with Crippen molar-refractivity contribution in [2.24, 2.45) is 0 Å². The van der Waals surface area contributed by atoms with Gasteiger partial charge in [-0.05, 0) is 31.5 Å². The first-order valence-electron chi connectivity index (χ1n) is 10.5. The molecule has 178 valence electrons. The van der Waals surface area contributed by atoms with Crippen LogP contribution >= 0.6 is 0 Å². The van der Waals surface area contributed by atoms with Crippen molar-refractivity contribution in [3.8, 4) is 11.4 Å². The molecule has 2 aliphatic rings. The van der Waals surface area contributed by atoms with Gasteiger partial charge in [0.15, 0.2) is 0 Å². The number of anilines is 2. The minimum atomic E-state index is -4.68. The Morgan fingerprint density at radius 1 is 1.27 bits per heavy atom. The maximum Gasteiger partial charge on any atom is 0.416 e. The highest BCUT2D eigenvalue weighted by Crippen LogP contribution is 2.40. The third kappa shape index (κ3) is 4.75. The van der Waals surface area contributed by atoms with Crippen molar-refractivity contribution in [2.75, 3.05) is 23.3 Å². The Morgan fingerprint density at radius 3 is 2.67 bits per heavy atom. The van der Waals surface area contributed by atoms with Gasteiger partial charge in [-0.3, -0.25) is 4.79 Å². The number of hydrogen-bond acceptors (Lipinski definition) is 6. The number of carbonyl (C=O) groups excluding carboxylic acids is 1. The quantitative estimate of drug-likeness (QED) is 0.647. The van der Waals surface area contributed by atoms with Gasteiger partial charge in [-0.2, -0.15) is 13.2 Å². The molecule has 2 aliphatic heterocycles. The fourth-order valence-corrected chi connectivity index (χ4v) is 4.44. The van der Waals surface area contributed by atoms with Crippen molar-refractivity contribution in [3.63, 3.8) is 0 Å². The fraction of sp³-hybridized carbons (Fsp3) is 0.524. The zero-order valence-corrected chi connectivity index (χ0v) is 18.0. The van der Waals surface area contributed by atoms with Gasteiger partial charge in [0.25, 0.3) is 0 Å². The smallest absolute Gasteiger partial charge is 0.352 e. The lowest BCUT2D eigenvalue weighted by molar-refractivity contribution is -0.137. The summed E-state index contributed by atoms with van der Waals surface area (Å²) in [4.78, 5) is 25.7. The lowest BCUT2D eigenvalue weighted by Gasteiger charge is -2.27. The van der Waals surface area contributed by atoms with Crippen molar-refractivity contribution < 1.29 is 26.7 Å². The Kier molecular flexibility index (Phi) is 6.21. The monoisotopic (exact) mass is 470 g/mol. The zero-order chi connectivity index (χ0) is 23.9. The Bertz CT molecular complexity index is 1050. The molecule has 2 saturated heterocycles. The Hall–Kier alpha value is -2.89. The lowest BCUT2D eigenvalue weighted by atomic mass is 9.97. The van der Waals surface area contributed by atoms with E-state index < -0.39 is 30.0 Å². The molecule has 2 aromatic rings. The molecule has 0 aliphatic carbocycles. The molecule has 1 amide bonds. The number of piperidine rings is 1. The maximum atomic E-state index is 13.8. The van der Waals surface area contributed by atoms with E-state index in [1.807, 2.05) is 4.90 Å². The highest BCUT2D eigenvalue weighted by Gasteiger charge is 2.38. The second-order valence-electron chi connectivity index (χ2n) is 8.37. The minimum Gasteiger partial charge on any atom is -0.352 e. The van der Waals surface area contributed by atoms with Gasteiger partial charge in [0.05, 0.1) is 17.0 Å². The third-order valence-corrected chi connectivity index (χ3v) is 6.01. The number of nitrogens with one attached hydrogen (secondary N) is 2.